The van der Waals surface area contributed by atoms with Crippen LogP contribution < -0.4 is 10.5 Å². The molecule has 3 heteroatoms. The van der Waals surface area contributed by atoms with Gasteiger partial charge in [-0.15, -0.1) is 0 Å². The number of aromatic nitrogens is 1. The van der Waals surface area contributed by atoms with Crippen molar-refractivity contribution in [1.29, 1.82) is 0 Å². The van der Waals surface area contributed by atoms with Gasteiger partial charge in [-0.25, -0.2) is 0 Å². The molecule has 0 fully saturated rings. The average molecular weight is 256 g/mol. The van der Waals surface area contributed by atoms with Crippen LogP contribution in [-0.4, -0.2) is 4.98 Å². The largest absolute Gasteiger partial charge is 0.457 e. The van der Waals surface area contributed by atoms with Gasteiger partial charge in [-0.05, 0) is 31.0 Å². The predicted molar refractivity (Wildman–Crippen MR) is 77.4 cm³/mol. The van der Waals surface area contributed by atoms with Gasteiger partial charge in [0.1, 0.15) is 11.5 Å². The van der Waals surface area contributed by atoms with E-state index in [-0.39, 0.29) is 0 Å². The lowest BCUT2D eigenvalue weighted by atomic mass is 10.1. The molecule has 2 rings (SSSR count). The molecule has 3 nitrogen and oxygen atoms in total. The first-order valence-corrected chi connectivity index (χ1v) is 6.65. The van der Waals surface area contributed by atoms with Crippen molar-refractivity contribution in [2.24, 2.45) is 5.73 Å². The Bertz CT molecular complexity index is 535. The van der Waals surface area contributed by atoms with Crippen LogP contribution in [0.3, 0.4) is 0 Å². The fourth-order valence-corrected chi connectivity index (χ4v) is 1.95. The summed E-state index contributed by atoms with van der Waals surface area (Å²) in [7, 11) is 0. The van der Waals surface area contributed by atoms with Gasteiger partial charge in [0, 0.05) is 30.1 Å². The second kappa shape index (κ2) is 6.34. The van der Waals surface area contributed by atoms with Crippen molar-refractivity contribution < 1.29 is 4.74 Å². The van der Waals surface area contributed by atoms with Crippen LogP contribution in [-0.2, 0) is 13.0 Å². The fourth-order valence-electron chi connectivity index (χ4n) is 1.95. The molecule has 0 unspecified atom stereocenters. The van der Waals surface area contributed by atoms with E-state index in [0.29, 0.717) is 6.54 Å². The molecule has 0 bridgehead atoms. The molecule has 1 heterocycles. The van der Waals surface area contributed by atoms with Gasteiger partial charge in [-0.1, -0.05) is 25.5 Å². The van der Waals surface area contributed by atoms with Crippen LogP contribution >= 0.6 is 0 Å². The summed E-state index contributed by atoms with van der Waals surface area (Å²) in [6, 6.07) is 10.1. The van der Waals surface area contributed by atoms with E-state index >= 15 is 0 Å². The molecule has 0 radical (unpaired) electrons. The average Bonchev–Trinajstić information content (AvgIpc) is 2.42. The third-order valence-corrected chi connectivity index (χ3v) is 2.99. The van der Waals surface area contributed by atoms with Crippen molar-refractivity contribution in [3.8, 4) is 11.5 Å². The SMILES string of the molecule is CCCc1ccc(Oc2cc(C)ncc2CN)cc1. The van der Waals surface area contributed by atoms with Crippen molar-refractivity contribution in [2.45, 2.75) is 33.2 Å². The van der Waals surface area contributed by atoms with Crippen molar-refractivity contribution in [3.05, 3.63) is 53.3 Å². The van der Waals surface area contributed by atoms with Crippen molar-refractivity contribution in [1.82, 2.24) is 4.98 Å². The Hall–Kier alpha value is -1.87. The summed E-state index contributed by atoms with van der Waals surface area (Å²) >= 11 is 0. The van der Waals surface area contributed by atoms with E-state index in [0.717, 1.165) is 35.6 Å². The van der Waals surface area contributed by atoms with E-state index in [1.54, 1.807) is 6.20 Å². The lowest BCUT2D eigenvalue weighted by Gasteiger charge is -2.11. The minimum Gasteiger partial charge on any atom is -0.457 e. The summed E-state index contributed by atoms with van der Waals surface area (Å²) in [5, 5.41) is 0. The summed E-state index contributed by atoms with van der Waals surface area (Å²) in [5.74, 6) is 1.62. The number of nitrogens with two attached hydrogens (primary N) is 1. The van der Waals surface area contributed by atoms with Crippen molar-refractivity contribution >= 4 is 0 Å². The Balaban J connectivity index is 2.18. The van der Waals surface area contributed by atoms with Gasteiger partial charge in [0.15, 0.2) is 0 Å². The Morgan fingerprint density at radius 3 is 2.58 bits per heavy atom. The lowest BCUT2D eigenvalue weighted by molar-refractivity contribution is 0.474. The maximum Gasteiger partial charge on any atom is 0.135 e. The second-order valence-electron chi connectivity index (χ2n) is 4.63. The minimum atomic E-state index is 0.427. The van der Waals surface area contributed by atoms with Crippen molar-refractivity contribution in [2.75, 3.05) is 0 Å². The Morgan fingerprint density at radius 1 is 1.21 bits per heavy atom. The van der Waals surface area contributed by atoms with E-state index in [1.165, 1.54) is 5.56 Å². The highest BCUT2D eigenvalue weighted by Gasteiger charge is 2.05. The van der Waals surface area contributed by atoms with Gasteiger partial charge in [-0.3, -0.25) is 4.98 Å². The standard InChI is InChI=1S/C16H20N2O/c1-3-4-13-5-7-15(8-6-13)19-16-9-12(2)18-11-14(16)10-17/h5-9,11H,3-4,10,17H2,1-2H3. The summed E-state index contributed by atoms with van der Waals surface area (Å²) in [6.45, 7) is 4.55. The van der Waals surface area contributed by atoms with Gasteiger partial charge in [0.2, 0.25) is 0 Å². The number of benzene rings is 1. The molecule has 0 aliphatic carbocycles. The molecule has 0 saturated heterocycles. The molecule has 100 valence electrons. The van der Waals surface area contributed by atoms with Crippen LogP contribution in [0.2, 0.25) is 0 Å². The van der Waals surface area contributed by atoms with E-state index in [9.17, 15) is 0 Å². The first-order valence-electron chi connectivity index (χ1n) is 6.65. The zero-order chi connectivity index (χ0) is 13.7. The van der Waals surface area contributed by atoms with Crippen LogP contribution in [0.1, 0.15) is 30.2 Å². The number of hydrogen-bond acceptors (Lipinski definition) is 3. The highest BCUT2D eigenvalue weighted by molar-refractivity contribution is 5.38. The van der Waals surface area contributed by atoms with E-state index in [4.69, 9.17) is 10.5 Å². The molecule has 1 aromatic heterocycles. The molecule has 2 N–H and O–H groups in total. The summed E-state index contributed by atoms with van der Waals surface area (Å²) in [4.78, 5) is 4.23. The zero-order valence-electron chi connectivity index (χ0n) is 11.5. The topological polar surface area (TPSA) is 48.1 Å². The van der Waals surface area contributed by atoms with Crippen LogP contribution in [0, 0.1) is 6.92 Å². The molecule has 0 aliphatic heterocycles. The Morgan fingerprint density at radius 2 is 1.95 bits per heavy atom. The molecular formula is C16H20N2O. The van der Waals surface area contributed by atoms with Crippen LogP contribution in [0.25, 0.3) is 0 Å². The highest BCUT2D eigenvalue weighted by atomic mass is 16.5. The van der Waals surface area contributed by atoms with Gasteiger partial charge in [-0.2, -0.15) is 0 Å². The lowest BCUT2D eigenvalue weighted by Crippen LogP contribution is -2.01. The molecule has 19 heavy (non-hydrogen) atoms. The fraction of sp³-hybridized carbons (Fsp3) is 0.312. The van der Waals surface area contributed by atoms with Crippen molar-refractivity contribution in [3.63, 3.8) is 0 Å². The van der Waals surface area contributed by atoms with Gasteiger partial charge >= 0.3 is 0 Å². The molecule has 0 saturated carbocycles. The van der Waals surface area contributed by atoms with Gasteiger partial charge in [0.05, 0.1) is 0 Å². The van der Waals surface area contributed by atoms with E-state index in [2.05, 4.69) is 24.0 Å². The normalized spacial score (nSPS) is 10.5. The molecule has 2 aromatic rings. The number of rotatable bonds is 5. The number of pyridine rings is 1. The Labute approximate surface area is 114 Å². The number of ether oxygens (including phenoxy) is 1. The van der Waals surface area contributed by atoms with E-state index in [1.807, 2.05) is 25.1 Å². The highest BCUT2D eigenvalue weighted by Crippen LogP contribution is 2.25. The van der Waals surface area contributed by atoms with Crippen LogP contribution in [0.5, 0.6) is 11.5 Å². The van der Waals surface area contributed by atoms with E-state index < -0.39 is 0 Å². The quantitative estimate of drug-likeness (QED) is 0.889. The number of aryl methyl sites for hydroxylation is 2. The molecule has 0 spiro atoms. The zero-order valence-corrected chi connectivity index (χ0v) is 11.5. The first kappa shape index (κ1) is 13.6. The molecule has 0 atom stereocenters. The second-order valence-corrected chi connectivity index (χ2v) is 4.63. The number of hydrogen-bond donors (Lipinski definition) is 1. The molecule has 0 aliphatic rings. The third kappa shape index (κ3) is 3.55. The van der Waals surface area contributed by atoms with Gasteiger partial charge in [0.25, 0.3) is 0 Å². The maximum absolute atomic E-state index is 5.89. The predicted octanol–water partition coefficient (Wildman–Crippen LogP) is 3.59. The molecule has 1 aromatic carbocycles. The minimum absolute atomic E-state index is 0.427. The molecular weight excluding hydrogens is 236 g/mol. The summed E-state index contributed by atoms with van der Waals surface area (Å²) in [6.07, 6.45) is 4.03. The summed E-state index contributed by atoms with van der Waals surface area (Å²) in [5.41, 5.74) is 8.88. The van der Waals surface area contributed by atoms with Crippen LogP contribution in [0.15, 0.2) is 36.5 Å². The Kier molecular flexibility index (Phi) is 4.53. The third-order valence-electron chi connectivity index (χ3n) is 2.99. The molecule has 0 amide bonds. The number of nitrogens with zero attached hydrogens (tertiary/aromatic N) is 1. The van der Waals surface area contributed by atoms with Crippen LogP contribution in [0.4, 0.5) is 0 Å². The first-order chi connectivity index (χ1) is 9.22. The summed E-state index contributed by atoms with van der Waals surface area (Å²) < 4.78 is 5.89. The monoisotopic (exact) mass is 256 g/mol. The maximum atomic E-state index is 5.89. The smallest absolute Gasteiger partial charge is 0.135 e. The van der Waals surface area contributed by atoms with Gasteiger partial charge < -0.3 is 10.5 Å².